The number of hydrogen-bond acceptors (Lipinski definition) is 5. The second kappa shape index (κ2) is 32.2. The molecule has 322 valence electrons. The molecule has 0 aliphatic rings. The zero-order valence-electron chi connectivity index (χ0n) is 36.9. The molecule has 0 aliphatic carbocycles. The standard InChI is InChI=1S/C46H87N3O5S/c1-8-10-11-12-13-14-15-16-17-18-19-20-21-22-23-24-25-26-27-28-29-30-31-32-33-34-38-46(3,4)54-43-36-35-41(40-44(43)53-7)37-39-47-45(50)42(9-2)48-55(51,52)49(5)6/h35-36,40,42,48H,8-34,37-39H2,1-7H3,(H,47,50). The van der Waals surface area contributed by atoms with Crippen molar-refractivity contribution >= 4 is 16.1 Å². The number of benzene rings is 1. The Balaban J connectivity index is 2.06. The fourth-order valence-corrected chi connectivity index (χ4v) is 8.07. The van der Waals surface area contributed by atoms with E-state index < -0.39 is 16.3 Å². The summed E-state index contributed by atoms with van der Waals surface area (Å²) in [4.78, 5) is 12.6. The van der Waals surface area contributed by atoms with E-state index in [-0.39, 0.29) is 11.5 Å². The van der Waals surface area contributed by atoms with E-state index in [0.29, 0.717) is 25.1 Å². The van der Waals surface area contributed by atoms with Gasteiger partial charge in [0.1, 0.15) is 11.6 Å². The summed E-state index contributed by atoms with van der Waals surface area (Å²) in [5, 5.41) is 2.85. The smallest absolute Gasteiger partial charge is 0.279 e. The van der Waals surface area contributed by atoms with Gasteiger partial charge in [0.15, 0.2) is 11.5 Å². The second-order valence-electron chi connectivity index (χ2n) is 16.8. The third-order valence-corrected chi connectivity index (χ3v) is 12.5. The van der Waals surface area contributed by atoms with Crippen LogP contribution in [0.25, 0.3) is 0 Å². The summed E-state index contributed by atoms with van der Waals surface area (Å²) >= 11 is 0. The molecule has 0 aromatic heterocycles. The van der Waals surface area contributed by atoms with E-state index in [2.05, 4.69) is 30.8 Å². The Morgan fingerprint density at radius 3 is 1.47 bits per heavy atom. The van der Waals surface area contributed by atoms with Gasteiger partial charge in [-0.25, -0.2) is 0 Å². The van der Waals surface area contributed by atoms with E-state index in [1.165, 1.54) is 175 Å². The quantitative estimate of drug-likeness (QED) is 0.0650. The largest absolute Gasteiger partial charge is 0.493 e. The fourth-order valence-electron chi connectivity index (χ4n) is 7.23. The fraction of sp³-hybridized carbons (Fsp3) is 0.848. The van der Waals surface area contributed by atoms with Gasteiger partial charge in [-0.05, 0) is 57.2 Å². The van der Waals surface area contributed by atoms with Crippen molar-refractivity contribution in [2.24, 2.45) is 0 Å². The molecule has 1 aromatic carbocycles. The van der Waals surface area contributed by atoms with Crippen molar-refractivity contribution in [2.45, 2.75) is 226 Å². The van der Waals surface area contributed by atoms with Crippen LogP contribution in [0.15, 0.2) is 18.2 Å². The van der Waals surface area contributed by atoms with Crippen LogP contribution in [0.2, 0.25) is 0 Å². The topological polar surface area (TPSA) is 97.0 Å². The van der Waals surface area contributed by atoms with Crippen LogP contribution in [0.1, 0.15) is 213 Å². The van der Waals surface area contributed by atoms with E-state index in [9.17, 15) is 13.2 Å². The molecule has 0 saturated heterocycles. The molecule has 0 saturated carbocycles. The van der Waals surface area contributed by atoms with Crippen molar-refractivity contribution < 1.29 is 22.7 Å². The van der Waals surface area contributed by atoms with Crippen LogP contribution in [0.5, 0.6) is 11.5 Å². The van der Waals surface area contributed by atoms with Crippen molar-refractivity contribution in [3.8, 4) is 11.5 Å². The average Bonchev–Trinajstić information content (AvgIpc) is 3.15. The van der Waals surface area contributed by atoms with E-state index in [4.69, 9.17) is 9.47 Å². The van der Waals surface area contributed by atoms with Crippen LogP contribution in [0.3, 0.4) is 0 Å². The van der Waals surface area contributed by atoms with Crippen molar-refractivity contribution in [1.82, 2.24) is 14.3 Å². The SMILES string of the molecule is CCCCCCCCCCCCCCCCCCCCCCCCCCCCC(C)(C)Oc1ccc(CCNC(=O)C(CC)NS(=O)(=O)N(C)C)cc1OC. The lowest BCUT2D eigenvalue weighted by Gasteiger charge is -2.27. The van der Waals surface area contributed by atoms with Gasteiger partial charge in [-0.1, -0.05) is 180 Å². The highest BCUT2D eigenvalue weighted by Crippen LogP contribution is 2.33. The van der Waals surface area contributed by atoms with Gasteiger partial charge in [-0.3, -0.25) is 4.79 Å². The molecule has 2 N–H and O–H groups in total. The van der Waals surface area contributed by atoms with E-state index in [0.717, 1.165) is 28.5 Å². The lowest BCUT2D eigenvalue weighted by atomic mass is 9.98. The summed E-state index contributed by atoms with van der Waals surface area (Å²) in [7, 11) is 0.813. The van der Waals surface area contributed by atoms with Gasteiger partial charge in [-0.2, -0.15) is 17.4 Å². The molecule has 1 atom stereocenters. The highest BCUT2D eigenvalue weighted by atomic mass is 32.2. The monoisotopic (exact) mass is 794 g/mol. The molecule has 0 heterocycles. The summed E-state index contributed by atoms with van der Waals surface area (Å²) in [5.74, 6) is 1.05. The number of unbranched alkanes of at least 4 members (excludes halogenated alkanes) is 25. The van der Waals surface area contributed by atoms with E-state index in [1.807, 2.05) is 18.2 Å². The minimum atomic E-state index is -3.69. The molecular weight excluding hydrogens is 707 g/mol. The summed E-state index contributed by atoms with van der Waals surface area (Å²) in [5.41, 5.74) is 0.698. The zero-order valence-corrected chi connectivity index (χ0v) is 37.7. The summed E-state index contributed by atoms with van der Waals surface area (Å²) in [6.45, 7) is 8.74. The third-order valence-electron chi connectivity index (χ3n) is 11.0. The molecule has 1 unspecified atom stereocenters. The number of carbonyl (C=O) groups excluding carboxylic acids is 1. The number of hydrogen-bond donors (Lipinski definition) is 2. The molecule has 0 radical (unpaired) electrons. The van der Waals surface area contributed by atoms with Gasteiger partial charge < -0.3 is 14.8 Å². The maximum Gasteiger partial charge on any atom is 0.279 e. The summed E-state index contributed by atoms with van der Waals surface area (Å²) in [6.07, 6.45) is 38.5. The first kappa shape index (κ1) is 51.2. The number of rotatable bonds is 38. The predicted octanol–water partition coefficient (Wildman–Crippen LogP) is 12.2. The van der Waals surface area contributed by atoms with Crippen LogP contribution < -0.4 is 19.5 Å². The number of ether oxygens (including phenoxy) is 2. The molecule has 0 spiro atoms. The highest BCUT2D eigenvalue weighted by molar-refractivity contribution is 7.87. The zero-order chi connectivity index (χ0) is 40.6. The first-order chi connectivity index (χ1) is 26.5. The summed E-state index contributed by atoms with van der Waals surface area (Å²) < 4.78 is 39.9. The molecule has 1 rings (SSSR count). The van der Waals surface area contributed by atoms with Crippen molar-refractivity contribution in [1.29, 1.82) is 0 Å². The van der Waals surface area contributed by atoms with Gasteiger partial charge in [0, 0.05) is 20.6 Å². The first-order valence-electron chi connectivity index (χ1n) is 22.8. The maximum absolute atomic E-state index is 12.6. The number of carbonyl (C=O) groups is 1. The Morgan fingerprint density at radius 2 is 1.09 bits per heavy atom. The number of methoxy groups -OCH3 is 1. The Bertz CT molecular complexity index is 1190. The molecule has 9 heteroatoms. The average molecular weight is 794 g/mol. The van der Waals surface area contributed by atoms with Gasteiger partial charge >= 0.3 is 0 Å². The van der Waals surface area contributed by atoms with Gasteiger partial charge in [0.05, 0.1) is 7.11 Å². The molecular formula is C46H87N3O5S. The molecule has 0 aliphatic heterocycles. The molecule has 55 heavy (non-hydrogen) atoms. The predicted molar refractivity (Wildman–Crippen MR) is 235 cm³/mol. The van der Waals surface area contributed by atoms with Crippen LogP contribution in [-0.2, 0) is 21.4 Å². The minimum Gasteiger partial charge on any atom is -0.493 e. The number of nitrogens with one attached hydrogen (secondary N) is 2. The lowest BCUT2D eigenvalue weighted by Crippen LogP contribution is -2.49. The van der Waals surface area contributed by atoms with Crippen LogP contribution >= 0.6 is 0 Å². The second-order valence-corrected chi connectivity index (χ2v) is 18.8. The van der Waals surface area contributed by atoms with Crippen LogP contribution in [0.4, 0.5) is 0 Å². The summed E-state index contributed by atoms with van der Waals surface area (Å²) in [6, 6.07) is 5.07. The van der Waals surface area contributed by atoms with E-state index >= 15 is 0 Å². The Morgan fingerprint density at radius 1 is 0.673 bits per heavy atom. The first-order valence-corrected chi connectivity index (χ1v) is 24.2. The highest BCUT2D eigenvalue weighted by Gasteiger charge is 2.24. The Hall–Kier alpha value is -1.84. The van der Waals surface area contributed by atoms with Gasteiger partial charge in [0.25, 0.3) is 10.2 Å². The lowest BCUT2D eigenvalue weighted by molar-refractivity contribution is -0.122. The third kappa shape index (κ3) is 26.7. The van der Waals surface area contributed by atoms with Crippen molar-refractivity contribution in [3.63, 3.8) is 0 Å². The normalized spacial score (nSPS) is 12.7. The van der Waals surface area contributed by atoms with Crippen LogP contribution in [-0.4, -0.2) is 58.0 Å². The minimum absolute atomic E-state index is 0.301. The number of nitrogens with zero attached hydrogens (tertiary/aromatic N) is 1. The van der Waals surface area contributed by atoms with Gasteiger partial charge in [-0.15, -0.1) is 0 Å². The maximum atomic E-state index is 12.6. The van der Waals surface area contributed by atoms with Crippen molar-refractivity contribution in [3.05, 3.63) is 23.8 Å². The van der Waals surface area contributed by atoms with Gasteiger partial charge in [0.2, 0.25) is 5.91 Å². The number of amides is 1. The molecule has 8 nitrogen and oxygen atoms in total. The van der Waals surface area contributed by atoms with Crippen molar-refractivity contribution in [2.75, 3.05) is 27.7 Å². The van der Waals surface area contributed by atoms with E-state index in [1.54, 1.807) is 14.0 Å². The molecule has 0 bridgehead atoms. The molecule has 0 fully saturated rings. The molecule has 1 amide bonds. The Kier molecular flexibility index (Phi) is 29.9. The Labute approximate surface area is 340 Å². The molecule has 1 aromatic rings. The van der Waals surface area contributed by atoms with Crippen LogP contribution in [0, 0.1) is 0 Å².